The van der Waals surface area contributed by atoms with Gasteiger partial charge in [-0.05, 0) is 0 Å². The predicted molar refractivity (Wildman–Crippen MR) is 44.2 cm³/mol. The number of allylic oxidation sites excluding steroid dienone is 4. The zero-order valence-electron chi connectivity index (χ0n) is 6.74. The summed E-state index contributed by atoms with van der Waals surface area (Å²) in [5.74, 6) is -0.176. The zero-order chi connectivity index (χ0) is 9.68. The first-order chi connectivity index (χ1) is 6.22. The molecule has 0 radical (unpaired) electrons. The summed E-state index contributed by atoms with van der Waals surface area (Å²) < 4.78 is 6.63. The number of hydrogen-bond acceptors (Lipinski definition) is 3. The maximum absolute atomic E-state index is 10.6. The van der Waals surface area contributed by atoms with Crippen LogP contribution in [0.1, 0.15) is 0 Å². The first-order valence-electron chi connectivity index (χ1n) is 3.48. The summed E-state index contributed by atoms with van der Waals surface area (Å²) in [4.78, 5) is 10.6. The van der Waals surface area contributed by atoms with Crippen LogP contribution in [0.2, 0.25) is 0 Å². The first-order valence-corrected chi connectivity index (χ1v) is 5.60. The van der Waals surface area contributed by atoms with Crippen LogP contribution in [-0.4, -0.2) is 11.1 Å². The Morgan fingerprint density at radius 2 is 2.38 bits per heavy atom. The van der Waals surface area contributed by atoms with Crippen LogP contribution in [-0.2, 0) is 7.86 Å². The topological polar surface area (TPSA) is 46.5 Å². The summed E-state index contributed by atoms with van der Waals surface area (Å²) in [7, 11) is 0. The first kappa shape index (κ1) is 10.0. The van der Waals surface area contributed by atoms with Gasteiger partial charge in [-0.1, -0.05) is 0 Å². The van der Waals surface area contributed by atoms with Gasteiger partial charge in [-0.2, -0.15) is 0 Å². The van der Waals surface area contributed by atoms with Crippen molar-refractivity contribution in [3.8, 4) is 0 Å². The average molecular weight is 291 g/mol. The number of carbonyl (C=O) groups is 1. The minimum absolute atomic E-state index is 0.227. The van der Waals surface area contributed by atoms with Crippen molar-refractivity contribution in [1.82, 2.24) is 0 Å². The number of aliphatic hydroxyl groups excluding tert-OH is 1. The predicted octanol–water partition coefficient (Wildman–Crippen LogP) is -1.38. The van der Waals surface area contributed by atoms with Gasteiger partial charge >= 0.3 is 86.9 Å². The van der Waals surface area contributed by atoms with Crippen molar-refractivity contribution in [2.24, 2.45) is 0 Å². The fourth-order valence-corrected chi connectivity index (χ4v) is 1.90. The van der Waals surface area contributed by atoms with E-state index in [-0.39, 0.29) is 5.76 Å². The van der Waals surface area contributed by atoms with E-state index in [1.165, 1.54) is 0 Å². The Labute approximate surface area is 86.9 Å². The van der Waals surface area contributed by atoms with Crippen molar-refractivity contribution in [2.45, 2.75) is 0 Å². The van der Waals surface area contributed by atoms with Crippen LogP contribution >= 0.6 is 0 Å². The van der Waals surface area contributed by atoms with E-state index in [1.807, 2.05) is 0 Å². The molecule has 0 amide bonds. The summed E-state index contributed by atoms with van der Waals surface area (Å²) in [6, 6.07) is 0. The molecule has 1 aliphatic carbocycles. The molecule has 0 heterocycles. The molecule has 0 saturated carbocycles. The fourth-order valence-electron chi connectivity index (χ4n) is 0.666. The maximum atomic E-state index is 10.6. The number of aliphatic hydroxyl groups is 1. The van der Waals surface area contributed by atoms with Crippen LogP contribution in [0.15, 0.2) is 46.3 Å². The van der Waals surface area contributed by atoms with Gasteiger partial charge in [-0.3, -0.25) is 0 Å². The summed E-state index contributed by atoms with van der Waals surface area (Å²) >= 11 is -0.744. The molecule has 0 fully saturated rings. The Hall–Kier alpha value is -1.04. The molecule has 13 heavy (non-hydrogen) atoms. The van der Waals surface area contributed by atoms with Gasteiger partial charge in [0.05, 0.1) is 0 Å². The molecule has 0 saturated heterocycles. The van der Waals surface area contributed by atoms with Crippen LogP contribution in [0.3, 0.4) is 0 Å². The van der Waals surface area contributed by atoms with Crippen LogP contribution < -0.4 is 21.6 Å². The minimum atomic E-state index is -0.744. The monoisotopic (exact) mass is 291 g/mol. The van der Waals surface area contributed by atoms with Crippen LogP contribution in [0.5, 0.6) is 0 Å². The molecule has 0 aromatic heterocycles. The fraction of sp³-hybridized carbons (Fsp3) is 0. The molecule has 4 heteroatoms. The van der Waals surface area contributed by atoms with Gasteiger partial charge in [0, 0.05) is 0 Å². The standard InChI is InChI=1S/C9H8IO3/c1-2-9(12)13-10-6-7-3-4-8(11)5-7/h2-6,11H,1H2/q-1/b7-6-. The second-order valence-electron chi connectivity index (χ2n) is 2.20. The van der Waals surface area contributed by atoms with Crippen molar-refractivity contribution < 1.29 is 34.6 Å². The van der Waals surface area contributed by atoms with E-state index in [0.29, 0.717) is 0 Å². The van der Waals surface area contributed by atoms with Crippen molar-refractivity contribution >= 4 is 5.97 Å². The van der Waals surface area contributed by atoms with Gasteiger partial charge in [0.15, 0.2) is 0 Å². The van der Waals surface area contributed by atoms with Gasteiger partial charge in [0.1, 0.15) is 0 Å². The van der Waals surface area contributed by atoms with Gasteiger partial charge in [-0.25, -0.2) is 0 Å². The third kappa shape index (κ3) is 3.45. The molecular formula is C9H8IO3-. The zero-order valence-corrected chi connectivity index (χ0v) is 8.89. The van der Waals surface area contributed by atoms with E-state index in [0.717, 1.165) is 11.6 Å². The Balaban J connectivity index is 2.38. The molecule has 70 valence electrons. The molecule has 0 aliphatic heterocycles. The van der Waals surface area contributed by atoms with Gasteiger partial charge < -0.3 is 0 Å². The molecular weight excluding hydrogens is 283 g/mol. The molecule has 3 nitrogen and oxygen atoms in total. The molecule has 0 aromatic rings. The molecule has 1 rings (SSSR count). The van der Waals surface area contributed by atoms with Crippen molar-refractivity contribution in [3.63, 3.8) is 0 Å². The molecule has 0 spiro atoms. The Bertz CT molecular complexity index is 313. The Kier molecular flexibility index (Phi) is 3.75. The van der Waals surface area contributed by atoms with Gasteiger partial charge in [0.2, 0.25) is 0 Å². The van der Waals surface area contributed by atoms with Crippen molar-refractivity contribution in [3.05, 3.63) is 46.3 Å². The number of carbonyl (C=O) groups excluding carboxylic acids is 1. The average Bonchev–Trinajstić information content (AvgIpc) is 2.51. The summed E-state index contributed by atoms with van der Waals surface area (Å²) in [5, 5.41) is 8.98. The molecule has 0 atom stereocenters. The number of hydrogen-bond donors (Lipinski definition) is 1. The van der Waals surface area contributed by atoms with Crippen LogP contribution in [0.25, 0.3) is 0 Å². The van der Waals surface area contributed by atoms with Crippen molar-refractivity contribution in [1.29, 1.82) is 0 Å². The second-order valence-corrected chi connectivity index (χ2v) is 3.77. The van der Waals surface area contributed by atoms with E-state index >= 15 is 0 Å². The normalized spacial score (nSPS) is 17.5. The Morgan fingerprint density at radius 1 is 1.62 bits per heavy atom. The summed E-state index contributed by atoms with van der Waals surface area (Å²) in [5.41, 5.74) is 0.877. The third-order valence-corrected chi connectivity index (χ3v) is 2.88. The van der Waals surface area contributed by atoms with E-state index < -0.39 is 27.6 Å². The molecule has 0 unspecified atom stereocenters. The van der Waals surface area contributed by atoms with E-state index in [4.69, 9.17) is 8.17 Å². The number of rotatable bonds is 3. The SMILES string of the molecule is C=CC(=O)O[I-]/C=C1/C=CC(O)=C1. The Morgan fingerprint density at radius 3 is 2.92 bits per heavy atom. The second kappa shape index (κ2) is 4.86. The third-order valence-electron chi connectivity index (χ3n) is 1.22. The quantitative estimate of drug-likeness (QED) is 0.515. The van der Waals surface area contributed by atoms with E-state index in [2.05, 4.69) is 6.58 Å². The number of halogens is 1. The van der Waals surface area contributed by atoms with E-state index in [9.17, 15) is 4.79 Å². The molecule has 0 aromatic carbocycles. The summed E-state index contributed by atoms with van der Waals surface area (Å²) in [6.07, 6.45) is 6.10. The van der Waals surface area contributed by atoms with Crippen LogP contribution in [0.4, 0.5) is 0 Å². The molecule has 1 N–H and O–H groups in total. The molecule has 0 bridgehead atoms. The van der Waals surface area contributed by atoms with Crippen LogP contribution in [0, 0.1) is 0 Å². The van der Waals surface area contributed by atoms with E-state index in [1.54, 1.807) is 22.3 Å². The summed E-state index contributed by atoms with van der Waals surface area (Å²) in [6.45, 7) is 3.28. The van der Waals surface area contributed by atoms with Gasteiger partial charge in [-0.15, -0.1) is 0 Å². The van der Waals surface area contributed by atoms with Gasteiger partial charge in [0.25, 0.3) is 0 Å². The molecule has 1 aliphatic rings. The van der Waals surface area contributed by atoms with Crippen molar-refractivity contribution in [2.75, 3.05) is 0 Å².